The first-order valence-electron chi connectivity index (χ1n) is 7.69. The Kier molecular flexibility index (Phi) is 6.35. The van der Waals surface area contributed by atoms with Crippen molar-refractivity contribution >= 4 is 46.4 Å². The lowest BCUT2D eigenvalue weighted by Crippen LogP contribution is -1.95. The average molecular weight is 384 g/mol. The van der Waals surface area contributed by atoms with E-state index < -0.39 is 0 Å². The highest BCUT2D eigenvalue weighted by molar-refractivity contribution is 8.02. The molecule has 0 atom stereocenters. The van der Waals surface area contributed by atoms with Crippen molar-refractivity contribution in [2.45, 2.75) is 4.90 Å². The van der Waals surface area contributed by atoms with Crippen LogP contribution in [0.4, 0.5) is 5.69 Å². The Morgan fingerprint density at radius 2 is 1.56 bits per heavy atom. The largest absolute Gasteiger partial charge is 0.248 e. The third-order valence-electron chi connectivity index (χ3n) is 3.37. The van der Waals surface area contributed by atoms with Gasteiger partial charge in [0.15, 0.2) is 0 Å². The van der Waals surface area contributed by atoms with Crippen molar-refractivity contribution in [3.63, 3.8) is 0 Å². The van der Waals surface area contributed by atoms with Crippen LogP contribution in [0, 0.1) is 0 Å². The molecule has 1 nitrogen and oxygen atoms in total. The summed E-state index contributed by atoms with van der Waals surface area (Å²) in [7, 11) is 0. The molecule has 0 spiro atoms. The second kappa shape index (κ2) is 8.91. The van der Waals surface area contributed by atoms with Crippen LogP contribution in [0.2, 0.25) is 10.0 Å². The molecule has 124 valence electrons. The van der Waals surface area contributed by atoms with Crippen molar-refractivity contribution in [3.05, 3.63) is 106 Å². The first kappa shape index (κ1) is 17.8. The fourth-order valence-electron chi connectivity index (χ4n) is 2.18. The summed E-state index contributed by atoms with van der Waals surface area (Å²) in [6.07, 6.45) is 2.00. The Morgan fingerprint density at radius 3 is 2.28 bits per heavy atom. The molecule has 3 rings (SSSR count). The number of hydrogen-bond acceptors (Lipinski definition) is 2. The predicted octanol–water partition coefficient (Wildman–Crippen LogP) is 7.42. The van der Waals surface area contributed by atoms with Crippen LogP contribution in [0.3, 0.4) is 0 Å². The molecule has 0 bridgehead atoms. The number of nitrogens with zero attached hydrogens (tertiary/aromatic N) is 1. The highest BCUT2D eigenvalue weighted by Gasteiger charge is 2.02. The molecule has 3 aromatic carbocycles. The van der Waals surface area contributed by atoms with Gasteiger partial charge in [0.2, 0.25) is 0 Å². The van der Waals surface area contributed by atoms with Gasteiger partial charge >= 0.3 is 0 Å². The maximum atomic E-state index is 6.14. The molecule has 0 unspecified atom stereocenters. The second-order valence-electron chi connectivity index (χ2n) is 5.22. The Bertz CT molecular complexity index is 887. The van der Waals surface area contributed by atoms with Gasteiger partial charge < -0.3 is 0 Å². The zero-order valence-electron chi connectivity index (χ0n) is 13.3. The van der Waals surface area contributed by atoms with Gasteiger partial charge in [0, 0.05) is 20.5 Å². The minimum atomic E-state index is 0.692. The number of hydrogen-bond donors (Lipinski definition) is 0. The zero-order valence-corrected chi connectivity index (χ0v) is 15.6. The zero-order chi connectivity index (χ0) is 17.5. The van der Waals surface area contributed by atoms with Crippen LogP contribution in [0.15, 0.2) is 100 Å². The number of thioether (sulfide) groups is 1. The molecule has 25 heavy (non-hydrogen) atoms. The van der Waals surface area contributed by atoms with Crippen LogP contribution in [-0.2, 0) is 0 Å². The number of allylic oxidation sites excluding steroid dienone is 1. The van der Waals surface area contributed by atoms with Crippen molar-refractivity contribution in [1.29, 1.82) is 0 Å². The third-order valence-corrected chi connectivity index (χ3v) is 4.67. The molecule has 0 radical (unpaired) electrons. The third kappa shape index (κ3) is 5.50. The Morgan fingerprint density at radius 1 is 0.800 bits per heavy atom. The van der Waals surface area contributed by atoms with Crippen molar-refractivity contribution in [2.75, 3.05) is 0 Å². The van der Waals surface area contributed by atoms with Gasteiger partial charge in [-0.15, -0.1) is 0 Å². The fourth-order valence-corrected chi connectivity index (χ4v) is 3.14. The molecule has 0 aliphatic carbocycles. The van der Waals surface area contributed by atoms with Gasteiger partial charge in [0.05, 0.1) is 11.4 Å². The van der Waals surface area contributed by atoms with E-state index in [0.717, 1.165) is 26.9 Å². The monoisotopic (exact) mass is 383 g/mol. The first-order valence-corrected chi connectivity index (χ1v) is 9.33. The minimum absolute atomic E-state index is 0.692. The van der Waals surface area contributed by atoms with Crippen molar-refractivity contribution in [2.24, 2.45) is 4.99 Å². The first-order chi connectivity index (χ1) is 12.2. The van der Waals surface area contributed by atoms with Crippen LogP contribution in [-0.4, -0.2) is 5.71 Å². The molecule has 0 saturated heterocycles. The number of rotatable bonds is 5. The lowest BCUT2D eigenvalue weighted by atomic mass is 10.1. The molecule has 0 saturated carbocycles. The molecule has 0 fully saturated rings. The average Bonchev–Trinajstić information content (AvgIpc) is 2.63. The van der Waals surface area contributed by atoms with E-state index in [9.17, 15) is 0 Å². The normalized spacial score (nSPS) is 11.8. The summed E-state index contributed by atoms with van der Waals surface area (Å²) in [6, 6.07) is 25.3. The van der Waals surface area contributed by atoms with E-state index in [-0.39, 0.29) is 0 Å². The van der Waals surface area contributed by atoms with Crippen molar-refractivity contribution in [1.82, 2.24) is 0 Å². The smallest absolute Gasteiger partial charge is 0.0715 e. The highest BCUT2D eigenvalue weighted by atomic mass is 35.5. The summed E-state index contributed by atoms with van der Waals surface area (Å²) < 4.78 is 0. The van der Waals surface area contributed by atoms with Crippen molar-refractivity contribution < 1.29 is 0 Å². The maximum Gasteiger partial charge on any atom is 0.0715 e. The van der Waals surface area contributed by atoms with E-state index in [1.807, 2.05) is 90.3 Å². The van der Waals surface area contributed by atoms with Crippen LogP contribution in [0.1, 0.15) is 5.56 Å². The second-order valence-corrected chi connectivity index (χ2v) is 7.07. The van der Waals surface area contributed by atoms with Crippen LogP contribution < -0.4 is 0 Å². The lowest BCUT2D eigenvalue weighted by molar-refractivity contribution is 1.47. The molecule has 0 amide bonds. The topological polar surface area (TPSA) is 12.4 Å². The van der Waals surface area contributed by atoms with Gasteiger partial charge in [-0.2, -0.15) is 0 Å². The SMILES string of the molecule is Clc1ccc(SC=CC(=Nc2ccccc2)c2cccc(Cl)c2)cc1. The number of aliphatic imine (C=N–C) groups is 1. The fraction of sp³-hybridized carbons (Fsp3) is 0. The summed E-state index contributed by atoms with van der Waals surface area (Å²) in [5.41, 5.74) is 2.73. The Balaban J connectivity index is 1.87. The molecule has 3 aromatic rings. The van der Waals surface area contributed by atoms with Gasteiger partial charge in [0.1, 0.15) is 0 Å². The summed E-state index contributed by atoms with van der Waals surface area (Å²) in [5.74, 6) is 0. The van der Waals surface area contributed by atoms with Crippen LogP contribution >= 0.6 is 35.0 Å². The summed E-state index contributed by atoms with van der Waals surface area (Å²) in [5, 5.41) is 3.45. The van der Waals surface area contributed by atoms with E-state index in [2.05, 4.69) is 0 Å². The van der Waals surface area contributed by atoms with Gasteiger partial charge in [-0.25, -0.2) is 4.99 Å². The lowest BCUT2D eigenvalue weighted by Gasteiger charge is -2.04. The number of halogens is 2. The van der Waals surface area contributed by atoms with Crippen molar-refractivity contribution in [3.8, 4) is 0 Å². The summed E-state index contributed by atoms with van der Waals surface area (Å²) >= 11 is 13.7. The van der Waals surface area contributed by atoms with Crippen LogP contribution in [0.25, 0.3) is 0 Å². The number of benzene rings is 3. The molecule has 4 heteroatoms. The summed E-state index contributed by atoms with van der Waals surface area (Å²) in [6.45, 7) is 0. The Hall–Kier alpha value is -2.00. The predicted molar refractivity (Wildman–Crippen MR) is 111 cm³/mol. The van der Waals surface area contributed by atoms with Gasteiger partial charge in [-0.05, 0) is 60.0 Å². The highest BCUT2D eigenvalue weighted by Crippen LogP contribution is 2.23. The molecular weight excluding hydrogens is 369 g/mol. The van der Waals surface area contributed by atoms with E-state index in [1.54, 1.807) is 11.8 Å². The Labute approximate surface area is 162 Å². The van der Waals surface area contributed by atoms with E-state index in [1.165, 1.54) is 0 Å². The van der Waals surface area contributed by atoms with Crippen LogP contribution in [0.5, 0.6) is 0 Å². The molecule has 0 aliphatic heterocycles. The maximum absolute atomic E-state index is 6.14. The minimum Gasteiger partial charge on any atom is -0.248 e. The van der Waals surface area contributed by atoms with Gasteiger partial charge in [-0.1, -0.05) is 65.3 Å². The quantitative estimate of drug-likeness (QED) is 0.329. The molecule has 0 heterocycles. The molecule has 0 aliphatic rings. The molecular formula is C21H15Cl2NS. The number of para-hydroxylation sites is 1. The standard InChI is InChI=1S/C21H15Cl2NS/c22-17-9-11-20(12-10-17)25-14-13-21(16-5-4-6-18(23)15-16)24-19-7-2-1-3-8-19/h1-15H. The van der Waals surface area contributed by atoms with Gasteiger partial charge in [0.25, 0.3) is 0 Å². The molecule has 0 N–H and O–H groups in total. The van der Waals surface area contributed by atoms with E-state index in [4.69, 9.17) is 28.2 Å². The molecule has 0 aromatic heterocycles. The summed E-state index contributed by atoms with van der Waals surface area (Å²) in [4.78, 5) is 5.87. The van der Waals surface area contributed by atoms with Gasteiger partial charge in [-0.3, -0.25) is 0 Å². The van der Waals surface area contributed by atoms with E-state index in [0.29, 0.717) is 5.02 Å². The van der Waals surface area contributed by atoms with E-state index >= 15 is 0 Å².